The highest BCUT2D eigenvalue weighted by Crippen LogP contribution is 1.94. The zero-order valence-corrected chi connectivity index (χ0v) is 3.47. The van der Waals surface area contributed by atoms with Crippen molar-refractivity contribution < 1.29 is 15.0 Å². The minimum absolute atomic E-state index is 0.612. The number of rotatable bonds is 0. The van der Waals surface area contributed by atoms with Crippen LogP contribution in [0.4, 0.5) is 0 Å². The van der Waals surface area contributed by atoms with E-state index in [0.717, 1.165) is 0 Å². The zero-order chi connectivity index (χ0) is 8.59. The third-order valence-electron chi connectivity index (χ3n) is 0.521. The van der Waals surface area contributed by atoms with Gasteiger partial charge in [-0.2, -0.15) is 0 Å². The fourth-order valence-electron chi connectivity index (χ4n) is 0.251. The van der Waals surface area contributed by atoms with Gasteiger partial charge in [0.05, 0.1) is 15.6 Å². The van der Waals surface area contributed by atoms with Crippen molar-refractivity contribution in [3.63, 3.8) is 0 Å². The molecule has 0 spiro atoms. The highest BCUT2D eigenvalue weighted by Gasteiger charge is 1.99. The number of hydrogen-bond acceptors (Lipinski definition) is 2. The van der Waals surface area contributed by atoms with Crippen LogP contribution in [0, 0.1) is 0 Å². The van der Waals surface area contributed by atoms with Gasteiger partial charge in [-0.1, -0.05) is 0 Å². The predicted octanol–water partition coefficient (Wildman–Crippen LogP) is 0.490. The molecule has 1 heterocycles. The molecular formula is C5H6O2. The monoisotopic (exact) mass is 102 g/mol. The molecule has 0 aromatic carbocycles. The third kappa shape index (κ3) is 1.03. The van der Waals surface area contributed by atoms with Crippen LogP contribution in [-0.2, 0) is 9.53 Å². The SMILES string of the molecule is [2H]C1=C([2H])C(=O)C([2H])C([2H])O1. The maximum atomic E-state index is 10.8. The van der Waals surface area contributed by atoms with Crippen molar-refractivity contribution in [3.05, 3.63) is 12.3 Å². The minimum Gasteiger partial charge on any atom is -0.501 e. The molecule has 2 unspecified atom stereocenters. The summed E-state index contributed by atoms with van der Waals surface area (Å²) in [5, 5.41) is 0. The molecule has 0 aliphatic carbocycles. The number of carbonyl (C=O) groups is 1. The van der Waals surface area contributed by atoms with Crippen molar-refractivity contribution in [2.45, 2.75) is 6.40 Å². The van der Waals surface area contributed by atoms with Crippen LogP contribution in [0.5, 0.6) is 0 Å². The van der Waals surface area contributed by atoms with Gasteiger partial charge in [0.15, 0.2) is 5.78 Å². The summed E-state index contributed by atoms with van der Waals surface area (Å²) in [6.07, 6.45) is -1.99. The molecule has 0 radical (unpaired) electrons. The fourth-order valence-corrected chi connectivity index (χ4v) is 0.251. The Hall–Kier alpha value is -0.790. The Morgan fingerprint density at radius 1 is 2.14 bits per heavy atom. The predicted molar refractivity (Wildman–Crippen MR) is 24.7 cm³/mol. The number of allylic oxidation sites excluding steroid dienone is 1. The van der Waals surface area contributed by atoms with Gasteiger partial charge in [0.2, 0.25) is 0 Å². The van der Waals surface area contributed by atoms with E-state index < -0.39 is 31.1 Å². The molecule has 0 fully saturated rings. The first kappa shape index (κ1) is 1.62. The summed E-state index contributed by atoms with van der Waals surface area (Å²) < 4.78 is 32.2. The van der Waals surface area contributed by atoms with Gasteiger partial charge in [-0.05, 0) is 0 Å². The summed E-state index contributed by atoms with van der Waals surface area (Å²) in [5.41, 5.74) is 0. The number of carbonyl (C=O) groups excluding carboxylic acids is 1. The van der Waals surface area contributed by atoms with Gasteiger partial charge in [0.25, 0.3) is 0 Å². The topological polar surface area (TPSA) is 26.3 Å². The smallest absolute Gasteiger partial charge is 0.162 e. The molecule has 0 N–H and O–H groups in total. The molecule has 0 saturated carbocycles. The van der Waals surface area contributed by atoms with E-state index in [4.69, 9.17) is 5.48 Å². The molecular weight excluding hydrogens is 92.1 g/mol. The molecule has 1 aliphatic heterocycles. The summed E-state index contributed by atoms with van der Waals surface area (Å²) >= 11 is 0. The molecule has 2 nitrogen and oxygen atoms in total. The number of ketones is 1. The van der Waals surface area contributed by atoms with E-state index in [1.54, 1.807) is 0 Å². The summed E-state index contributed by atoms with van der Waals surface area (Å²) in [7, 11) is 0. The van der Waals surface area contributed by atoms with E-state index in [0.29, 0.717) is 0 Å². The van der Waals surface area contributed by atoms with Crippen molar-refractivity contribution in [2.24, 2.45) is 0 Å². The van der Waals surface area contributed by atoms with Gasteiger partial charge < -0.3 is 4.74 Å². The second-order valence-corrected chi connectivity index (χ2v) is 1.01. The second-order valence-electron chi connectivity index (χ2n) is 1.01. The van der Waals surface area contributed by atoms with Gasteiger partial charge in [-0.3, -0.25) is 4.79 Å². The van der Waals surface area contributed by atoms with Gasteiger partial charge in [-0.25, -0.2) is 0 Å². The summed E-state index contributed by atoms with van der Waals surface area (Å²) in [6.45, 7) is -1.36. The van der Waals surface area contributed by atoms with Crippen LogP contribution < -0.4 is 0 Å². The Morgan fingerprint density at radius 3 is 3.86 bits per heavy atom. The van der Waals surface area contributed by atoms with E-state index in [1.807, 2.05) is 0 Å². The van der Waals surface area contributed by atoms with Crippen LogP contribution in [0.25, 0.3) is 0 Å². The summed E-state index contributed by atoms with van der Waals surface area (Å²) in [5.74, 6) is -0.818. The average Bonchev–Trinajstić information content (AvgIpc) is 1.97. The normalized spacial score (nSPS) is 51.1. The van der Waals surface area contributed by atoms with Crippen molar-refractivity contribution in [3.8, 4) is 0 Å². The maximum Gasteiger partial charge on any atom is 0.162 e. The van der Waals surface area contributed by atoms with Crippen molar-refractivity contribution in [1.29, 1.82) is 0 Å². The van der Waals surface area contributed by atoms with Gasteiger partial charge in [0.1, 0.15) is 1.37 Å². The lowest BCUT2D eigenvalue weighted by Gasteiger charge is -2.01. The van der Waals surface area contributed by atoms with E-state index in [9.17, 15) is 4.79 Å². The largest absolute Gasteiger partial charge is 0.501 e. The second kappa shape index (κ2) is 1.78. The zero-order valence-electron chi connectivity index (χ0n) is 7.47. The summed E-state index contributed by atoms with van der Waals surface area (Å²) in [4.78, 5) is 10.8. The minimum atomic E-state index is -1.38. The highest BCUT2D eigenvalue weighted by molar-refractivity contribution is 5.89. The molecule has 0 aromatic heterocycles. The van der Waals surface area contributed by atoms with Gasteiger partial charge in [-0.15, -0.1) is 0 Å². The molecule has 7 heavy (non-hydrogen) atoms. The lowest BCUT2D eigenvalue weighted by atomic mass is 10.3. The third-order valence-corrected chi connectivity index (χ3v) is 0.521. The molecule has 2 heteroatoms. The van der Waals surface area contributed by atoms with Gasteiger partial charge >= 0.3 is 0 Å². The highest BCUT2D eigenvalue weighted by atomic mass is 16.5. The molecule has 38 valence electrons. The van der Waals surface area contributed by atoms with Crippen LogP contribution in [0.15, 0.2) is 12.3 Å². The molecule has 0 saturated heterocycles. The molecule has 0 bridgehead atoms. The molecule has 1 aliphatic rings. The molecule has 2 atom stereocenters. The van der Waals surface area contributed by atoms with Gasteiger partial charge in [0, 0.05) is 13.8 Å². The van der Waals surface area contributed by atoms with Crippen molar-refractivity contribution in [1.82, 2.24) is 0 Å². The van der Waals surface area contributed by atoms with Crippen LogP contribution in [0.3, 0.4) is 0 Å². The Labute approximate surface area is 47.4 Å². The van der Waals surface area contributed by atoms with Crippen LogP contribution >= 0.6 is 0 Å². The van der Waals surface area contributed by atoms with E-state index in [2.05, 4.69) is 4.74 Å². The Balaban J connectivity index is 2.95. The standard InChI is InChI=1S/C5H6O2/c6-5-1-3-7-4-2-5/h1,3H,2,4H2/i1D,2D,3D,4D. The van der Waals surface area contributed by atoms with E-state index in [-0.39, 0.29) is 0 Å². The quantitative estimate of drug-likeness (QED) is 0.445. The van der Waals surface area contributed by atoms with Crippen LogP contribution in [0.1, 0.15) is 11.9 Å². The first-order valence-electron chi connectivity index (χ1n) is 3.92. The molecule has 0 aromatic rings. The number of ether oxygens (including phenoxy) is 1. The Morgan fingerprint density at radius 2 is 3.00 bits per heavy atom. The number of hydrogen-bond donors (Lipinski definition) is 0. The van der Waals surface area contributed by atoms with Crippen LogP contribution in [0.2, 0.25) is 0 Å². The Bertz CT molecular complexity index is 225. The van der Waals surface area contributed by atoms with Crippen molar-refractivity contribution in [2.75, 3.05) is 6.58 Å². The average molecular weight is 102 g/mol. The molecule has 1 rings (SSSR count). The van der Waals surface area contributed by atoms with E-state index in [1.165, 1.54) is 0 Å². The first-order valence-corrected chi connectivity index (χ1v) is 1.77. The van der Waals surface area contributed by atoms with Crippen molar-refractivity contribution >= 4 is 5.78 Å². The lowest BCUT2D eigenvalue weighted by Crippen LogP contribution is -2.03. The lowest BCUT2D eigenvalue weighted by molar-refractivity contribution is -0.116. The van der Waals surface area contributed by atoms with E-state index >= 15 is 0 Å². The van der Waals surface area contributed by atoms with Crippen LogP contribution in [-0.4, -0.2) is 12.4 Å². The molecule has 0 amide bonds. The fraction of sp³-hybridized carbons (Fsp3) is 0.400. The summed E-state index contributed by atoms with van der Waals surface area (Å²) in [6, 6.07) is -0.617. The maximum absolute atomic E-state index is 10.8. The first-order chi connectivity index (χ1) is 5.04. The Kier molecular flexibility index (Phi) is 0.410.